The third-order valence-electron chi connectivity index (χ3n) is 3.49. The first-order valence-corrected chi connectivity index (χ1v) is 7.61. The Balaban J connectivity index is 2.04. The molecule has 114 valence electrons. The molecule has 0 spiro atoms. The topological polar surface area (TPSA) is 36.3 Å². The molecule has 0 saturated heterocycles. The number of hydrogen-bond acceptors (Lipinski definition) is 3. The van der Waals surface area contributed by atoms with Gasteiger partial charge in [0, 0.05) is 17.8 Å². The zero-order chi connectivity index (χ0) is 15.2. The number of halogens is 1. The maximum absolute atomic E-state index is 5.95. The van der Waals surface area contributed by atoms with E-state index in [9.17, 15) is 0 Å². The van der Waals surface area contributed by atoms with Gasteiger partial charge in [-0.25, -0.2) is 0 Å². The number of aromatic nitrogens is 2. The molecule has 4 nitrogen and oxygen atoms in total. The molecule has 5 heteroatoms. The van der Waals surface area contributed by atoms with Crippen LogP contribution in [0.1, 0.15) is 37.6 Å². The SMILES string of the molecule is CCC(C)n1ccc(COc2ccc(OC)cc2CCl)n1. The summed E-state index contributed by atoms with van der Waals surface area (Å²) in [6.07, 6.45) is 3.04. The molecule has 0 N–H and O–H groups in total. The molecule has 0 aliphatic carbocycles. The van der Waals surface area contributed by atoms with Crippen LogP contribution in [-0.4, -0.2) is 16.9 Å². The highest BCUT2D eigenvalue weighted by Crippen LogP contribution is 2.26. The summed E-state index contributed by atoms with van der Waals surface area (Å²) in [5, 5.41) is 4.52. The van der Waals surface area contributed by atoms with Gasteiger partial charge in [-0.15, -0.1) is 11.6 Å². The van der Waals surface area contributed by atoms with Crippen LogP contribution < -0.4 is 9.47 Å². The molecule has 1 atom stereocenters. The molecule has 21 heavy (non-hydrogen) atoms. The van der Waals surface area contributed by atoms with E-state index in [1.54, 1.807) is 7.11 Å². The van der Waals surface area contributed by atoms with Gasteiger partial charge in [0.15, 0.2) is 0 Å². The minimum atomic E-state index is 0.383. The summed E-state index contributed by atoms with van der Waals surface area (Å²) in [7, 11) is 1.63. The zero-order valence-corrected chi connectivity index (χ0v) is 13.4. The van der Waals surface area contributed by atoms with Gasteiger partial charge in [-0.1, -0.05) is 6.92 Å². The monoisotopic (exact) mass is 308 g/mol. The summed E-state index contributed by atoms with van der Waals surface area (Å²) in [5.41, 5.74) is 1.82. The first kappa shape index (κ1) is 15.7. The lowest BCUT2D eigenvalue weighted by atomic mass is 10.2. The van der Waals surface area contributed by atoms with Crippen LogP contribution in [0.5, 0.6) is 11.5 Å². The quantitative estimate of drug-likeness (QED) is 0.720. The molecule has 0 radical (unpaired) electrons. The van der Waals surface area contributed by atoms with E-state index in [-0.39, 0.29) is 0 Å². The van der Waals surface area contributed by atoms with Crippen molar-refractivity contribution in [3.05, 3.63) is 41.7 Å². The molecule has 0 bridgehead atoms. The van der Waals surface area contributed by atoms with Crippen molar-refractivity contribution in [2.45, 2.75) is 38.8 Å². The van der Waals surface area contributed by atoms with Crippen LogP contribution in [0.3, 0.4) is 0 Å². The van der Waals surface area contributed by atoms with E-state index in [1.165, 1.54) is 0 Å². The van der Waals surface area contributed by atoms with Crippen LogP contribution in [0, 0.1) is 0 Å². The normalized spacial score (nSPS) is 12.2. The van der Waals surface area contributed by atoms with E-state index >= 15 is 0 Å². The van der Waals surface area contributed by atoms with Gasteiger partial charge in [0.25, 0.3) is 0 Å². The van der Waals surface area contributed by atoms with Gasteiger partial charge in [-0.05, 0) is 37.6 Å². The fourth-order valence-electron chi connectivity index (χ4n) is 1.97. The van der Waals surface area contributed by atoms with Crippen molar-refractivity contribution >= 4 is 11.6 Å². The number of rotatable bonds is 7. The Bertz CT molecular complexity index is 583. The standard InChI is InChI=1S/C16H21ClN2O2/c1-4-12(2)19-8-7-14(18-19)11-21-16-6-5-15(20-3)9-13(16)10-17/h5-9,12H,4,10-11H2,1-3H3. The van der Waals surface area contributed by atoms with Crippen molar-refractivity contribution in [1.29, 1.82) is 0 Å². The molecule has 0 aliphatic rings. The minimum Gasteiger partial charge on any atom is -0.497 e. The fraction of sp³-hybridized carbons (Fsp3) is 0.438. The van der Waals surface area contributed by atoms with Crippen molar-refractivity contribution in [2.75, 3.05) is 7.11 Å². The van der Waals surface area contributed by atoms with E-state index in [0.717, 1.165) is 29.2 Å². The molecular formula is C16H21ClN2O2. The Morgan fingerprint density at radius 2 is 2.14 bits per heavy atom. The number of benzene rings is 1. The Morgan fingerprint density at radius 1 is 1.33 bits per heavy atom. The third-order valence-corrected chi connectivity index (χ3v) is 3.78. The van der Waals surface area contributed by atoms with Crippen LogP contribution in [0.2, 0.25) is 0 Å². The van der Waals surface area contributed by atoms with Gasteiger partial charge >= 0.3 is 0 Å². The second-order valence-electron chi connectivity index (χ2n) is 4.94. The number of alkyl halides is 1. The summed E-state index contributed by atoms with van der Waals surface area (Å²) in [5.74, 6) is 1.93. The number of methoxy groups -OCH3 is 1. The van der Waals surface area contributed by atoms with Gasteiger partial charge in [0.2, 0.25) is 0 Å². The van der Waals surface area contributed by atoms with Gasteiger partial charge in [-0.2, -0.15) is 5.10 Å². The molecule has 1 aromatic carbocycles. The highest BCUT2D eigenvalue weighted by Gasteiger charge is 2.08. The maximum atomic E-state index is 5.95. The fourth-order valence-corrected chi connectivity index (χ4v) is 2.18. The lowest BCUT2D eigenvalue weighted by molar-refractivity contribution is 0.295. The number of hydrogen-bond donors (Lipinski definition) is 0. The molecule has 2 aromatic rings. The van der Waals surface area contributed by atoms with E-state index in [2.05, 4.69) is 18.9 Å². The van der Waals surface area contributed by atoms with Crippen LogP contribution in [0.15, 0.2) is 30.5 Å². The molecule has 0 amide bonds. The van der Waals surface area contributed by atoms with Crippen LogP contribution in [0.25, 0.3) is 0 Å². The van der Waals surface area contributed by atoms with Crippen molar-refractivity contribution in [3.8, 4) is 11.5 Å². The van der Waals surface area contributed by atoms with Crippen LogP contribution in [-0.2, 0) is 12.5 Å². The third kappa shape index (κ3) is 3.91. The zero-order valence-electron chi connectivity index (χ0n) is 12.7. The molecule has 0 aliphatic heterocycles. The van der Waals surface area contributed by atoms with Gasteiger partial charge in [0.05, 0.1) is 18.7 Å². The first-order valence-electron chi connectivity index (χ1n) is 7.07. The molecule has 1 aromatic heterocycles. The van der Waals surface area contributed by atoms with E-state index in [0.29, 0.717) is 18.5 Å². The Labute approximate surface area is 130 Å². The lowest BCUT2D eigenvalue weighted by Gasteiger charge is -2.11. The first-order chi connectivity index (χ1) is 10.2. The summed E-state index contributed by atoms with van der Waals surface area (Å²) < 4.78 is 13.0. The number of ether oxygens (including phenoxy) is 2. The predicted molar refractivity (Wildman–Crippen MR) is 84.1 cm³/mol. The second kappa shape index (κ2) is 7.36. The highest BCUT2D eigenvalue weighted by atomic mass is 35.5. The maximum Gasteiger partial charge on any atom is 0.132 e. The highest BCUT2D eigenvalue weighted by molar-refractivity contribution is 6.17. The molecular weight excluding hydrogens is 288 g/mol. The minimum absolute atomic E-state index is 0.383. The lowest BCUT2D eigenvalue weighted by Crippen LogP contribution is -2.06. The van der Waals surface area contributed by atoms with E-state index in [4.69, 9.17) is 21.1 Å². The van der Waals surface area contributed by atoms with Gasteiger partial charge < -0.3 is 9.47 Å². The second-order valence-corrected chi connectivity index (χ2v) is 5.21. The Hall–Kier alpha value is -1.68. The van der Waals surface area contributed by atoms with E-state index < -0.39 is 0 Å². The molecule has 1 heterocycles. The average Bonchev–Trinajstić information content (AvgIpc) is 3.00. The van der Waals surface area contributed by atoms with Crippen molar-refractivity contribution < 1.29 is 9.47 Å². The van der Waals surface area contributed by atoms with E-state index in [1.807, 2.05) is 35.1 Å². The summed E-state index contributed by atoms with van der Waals surface area (Å²) in [6, 6.07) is 8.01. The van der Waals surface area contributed by atoms with Crippen molar-refractivity contribution in [3.63, 3.8) is 0 Å². The molecule has 0 fully saturated rings. The number of nitrogens with zero attached hydrogens (tertiary/aromatic N) is 2. The van der Waals surface area contributed by atoms with Gasteiger partial charge in [0.1, 0.15) is 18.1 Å². The van der Waals surface area contributed by atoms with Crippen LogP contribution >= 0.6 is 11.6 Å². The molecule has 2 rings (SSSR count). The predicted octanol–water partition coefficient (Wildman–Crippen LogP) is 4.18. The molecule has 1 unspecified atom stereocenters. The van der Waals surface area contributed by atoms with Crippen molar-refractivity contribution in [1.82, 2.24) is 9.78 Å². The summed E-state index contributed by atoms with van der Waals surface area (Å²) in [4.78, 5) is 0. The Kier molecular flexibility index (Phi) is 5.51. The Morgan fingerprint density at radius 3 is 2.81 bits per heavy atom. The largest absolute Gasteiger partial charge is 0.497 e. The summed E-state index contributed by atoms with van der Waals surface area (Å²) >= 11 is 5.95. The smallest absolute Gasteiger partial charge is 0.132 e. The summed E-state index contributed by atoms with van der Waals surface area (Å²) in [6.45, 7) is 4.72. The van der Waals surface area contributed by atoms with Gasteiger partial charge in [-0.3, -0.25) is 4.68 Å². The molecule has 0 saturated carbocycles. The van der Waals surface area contributed by atoms with Crippen molar-refractivity contribution in [2.24, 2.45) is 0 Å². The average molecular weight is 309 g/mol. The van der Waals surface area contributed by atoms with Crippen LogP contribution in [0.4, 0.5) is 0 Å².